The molecule has 1 aromatic rings. The van der Waals surface area contributed by atoms with Gasteiger partial charge in [-0.05, 0) is 55.5 Å². The van der Waals surface area contributed by atoms with Crippen molar-refractivity contribution < 1.29 is 19.0 Å². The molecule has 1 fully saturated rings. The summed E-state index contributed by atoms with van der Waals surface area (Å²) in [4.78, 5) is 16.7. The van der Waals surface area contributed by atoms with Crippen LogP contribution >= 0.6 is 0 Å². The SMILES string of the molecule is CCC(C)C1=C(C(=O)O)C(C)=CC(N2CCOC[C@H]2C)N1Cc1ccc(F)cc1. The van der Waals surface area contributed by atoms with E-state index in [2.05, 4.69) is 36.6 Å². The van der Waals surface area contributed by atoms with Gasteiger partial charge in [0.15, 0.2) is 0 Å². The highest BCUT2D eigenvalue weighted by Crippen LogP contribution is 2.36. The molecule has 0 aromatic heterocycles. The Labute approximate surface area is 172 Å². The lowest BCUT2D eigenvalue weighted by Crippen LogP contribution is -2.56. The van der Waals surface area contributed by atoms with Crippen LogP contribution in [0.3, 0.4) is 0 Å². The first-order valence-corrected chi connectivity index (χ1v) is 10.3. The molecule has 6 heteroatoms. The smallest absolute Gasteiger partial charge is 0.337 e. The number of ether oxygens (including phenoxy) is 1. The number of allylic oxidation sites excluding steroid dienone is 1. The first kappa shape index (κ1) is 21.5. The van der Waals surface area contributed by atoms with Gasteiger partial charge in [0, 0.05) is 24.8 Å². The third kappa shape index (κ3) is 4.54. The van der Waals surface area contributed by atoms with E-state index in [-0.39, 0.29) is 23.9 Å². The van der Waals surface area contributed by atoms with E-state index in [1.165, 1.54) is 12.1 Å². The number of halogens is 1. The molecule has 29 heavy (non-hydrogen) atoms. The van der Waals surface area contributed by atoms with E-state index in [0.717, 1.165) is 29.8 Å². The standard InChI is InChI=1S/C23H31FN2O3/c1-5-15(2)22-21(23(27)28)16(3)12-20(25-10-11-29-14-17(25)4)26(22)13-18-6-8-19(24)9-7-18/h6-9,12,15,17,20H,5,10-11,13-14H2,1-4H3,(H,27,28)/t15?,17-,20?/m1/s1. The Morgan fingerprint density at radius 1 is 1.34 bits per heavy atom. The van der Waals surface area contributed by atoms with E-state index in [4.69, 9.17) is 4.74 Å². The molecule has 1 N–H and O–H groups in total. The van der Waals surface area contributed by atoms with Crippen LogP contribution in [-0.2, 0) is 16.1 Å². The number of hydrogen-bond acceptors (Lipinski definition) is 4. The molecule has 0 bridgehead atoms. The zero-order valence-corrected chi connectivity index (χ0v) is 17.7. The van der Waals surface area contributed by atoms with Crippen molar-refractivity contribution in [1.29, 1.82) is 0 Å². The average molecular weight is 403 g/mol. The Morgan fingerprint density at radius 3 is 2.62 bits per heavy atom. The largest absolute Gasteiger partial charge is 0.478 e. The third-order valence-electron chi connectivity index (χ3n) is 6.00. The van der Waals surface area contributed by atoms with Gasteiger partial charge >= 0.3 is 5.97 Å². The van der Waals surface area contributed by atoms with Crippen LogP contribution in [0.1, 0.15) is 39.7 Å². The normalized spacial score (nSPS) is 24.4. The minimum atomic E-state index is -0.897. The van der Waals surface area contributed by atoms with Crippen molar-refractivity contribution in [2.45, 2.75) is 52.9 Å². The molecule has 2 aliphatic rings. The van der Waals surface area contributed by atoms with E-state index in [1.807, 2.05) is 6.92 Å². The minimum absolute atomic E-state index is 0.0638. The predicted molar refractivity (Wildman–Crippen MR) is 111 cm³/mol. The molecule has 0 saturated carbocycles. The van der Waals surface area contributed by atoms with Crippen LogP contribution in [0.15, 0.2) is 47.2 Å². The van der Waals surface area contributed by atoms with Gasteiger partial charge in [-0.2, -0.15) is 0 Å². The summed E-state index contributed by atoms with van der Waals surface area (Å²) in [6.07, 6.45) is 2.83. The minimum Gasteiger partial charge on any atom is -0.478 e. The quantitative estimate of drug-likeness (QED) is 0.779. The molecule has 2 heterocycles. The van der Waals surface area contributed by atoms with E-state index in [9.17, 15) is 14.3 Å². The van der Waals surface area contributed by atoms with Crippen LogP contribution in [-0.4, -0.2) is 52.8 Å². The van der Waals surface area contributed by atoms with Crippen LogP contribution < -0.4 is 0 Å². The maximum Gasteiger partial charge on any atom is 0.337 e. The Bertz CT molecular complexity index is 803. The number of nitrogens with zero attached hydrogens (tertiary/aromatic N) is 2. The Morgan fingerprint density at radius 2 is 2.03 bits per heavy atom. The molecule has 0 spiro atoms. The van der Waals surface area contributed by atoms with Crippen LogP contribution in [0, 0.1) is 11.7 Å². The molecule has 0 amide bonds. The summed E-state index contributed by atoms with van der Waals surface area (Å²) in [5.41, 5.74) is 2.99. The van der Waals surface area contributed by atoms with Gasteiger partial charge in [-0.15, -0.1) is 0 Å². The van der Waals surface area contributed by atoms with Crippen molar-refractivity contribution in [1.82, 2.24) is 9.80 Å². The second-order valence-corrected chi connectivity index (χ2v) is 8.05. The summed E-state index contributed by atoms with van der Waals surface area (Å²) in [5.74, 6) is -1.08. The second kappa shape index (κ2) is 9.09. The van der Waals surface area contributed by atoms with Gasteiger partial charge in [-0.1, -0.05) is 26.0 Å². The molecule has 0 aliphatic carbocycles. The van der Waals surface area contributed by atoms with Gasteiger partial charge in [0.2, 0.25) is 0 Å². The predicted octanol–water partition coefficient (Wildman–Crippen LogP) is 4.02. The summed E-state index contributed by atoms with van der Waals surface area (Å²) in [6, 6.07) is 6.68. The van der Waals surface area contributed by atoms with Gasteiger partial charge in [-0.25, -0.2) is 9.18 Å². The highest BCUT2D eigenvalue weighted by molar-refractivity contribution is 5.93. The van der Waals surface area contributed by atoms with E-state index in [0.29, 0.717) is 25.3 Å². The number of rotatable bonds is 6. The molecule has 1 aromatic carbocycles. The number of benzene rings is 1. The van der Waals surface area contributed by atoms with Crippen molar-refractivity contribution in [3.8, 4) is 0 Å². The van der Waals surface area contributed by atoms with Gasteiger partial charge in [-0.3, -0.25) is 4.90 Å². The van der Waals surface area contributed by atoms with Gasteiger partial charge in [0.05, 0.1) is 18.8 Å². The fourth-order valence-electron chi connectivity index (χ4n) is 4.26. The Balaban J connectivity index is 2.09. The zero-order valence-electron chi connectivity index (χ0n) is 17.7. The average Bonchev–Trinajstić information content (AvgIpc) is 2.69. The molecular formula is C23H31FN2O3. The molecule has 2 aliphatic heterocycles. The monoisotopic (exact) mass is 402 g/mol. The maximum atomic E-state index is 13.4. The topological polar surface area (TPSA) is 53.0 Å². The lowest BCUT2D eigenvalue weighted by Gasteiger charge is -2.48. The molecule has 158 valence electrons. The lowest BCUT2D eigenvalue weighted by molar-refractivity contribution is -0.132. The van der Waals surface area contributed by atoms with Crippen molar-refractivity contribution in [3.05, 3.63) is 58.6 Å². The van der Waals surface area contributed by atoms with Crippen LogP contribution in [0.4, 0.5) is 4.39 Å². The number of morpholine rings is 1. The number of carbonyl (C=O) groups is 1. The summed E-state index contributed by atoms with van der Waals surface area (Å²) in [6.45, 7) is 10.8. The third-order valence-corrected chi connectivity index (χ3v) is 6.00. The fourth-order valence-corrected chi connectivity index (χ4v) is 4.26. The lowest BCUT2D eigenvalue weighted by atomic mass is 9.89. The Hall–Kier alpha value is -2.18. The van der Waals surface area contributed by atoms with Crippen molar-refractivity contribution in [3.63, 3.8) is 0 Å². The number of carboxylic acid groups (broad SMARTS) is 1. The highest BCUT2D eigenvalue weighted by Gasteiger charge is 2.37. The molecule has 3 rings (SSSR count). The van der Waals surface area contributed by atoms with E-state index in [1.54, 1.807) is 12.1 Å². The zero-order chi connectivity index (χ0) is 21.1. The molecule has 5 nitrogen and oxygen atoms in total. The first-order chi connectivity index (χ1) is 13.8. The fraction of sp³-hybridized carbons (Fsp3) is 0.522. The number of aliphatic carboxylic acids is 1. The van der Waals surface area contributed by atoms with Crippen molar-refractivity contribution in [2.75, 3.05) is 19.8 Å². The van der Waals surface area contributed by atoms with Crippen LogP contribution in [0.5, 0.6) is 0 Å². The second-order valence-electron chi connectivity index (χ2n) is 8.05. The highest BCUT2D eigenvalue weighted by atomic mass is 19.1. The number of carboxylic acids is 1. The summed E-state index contributed by atoms with van der Waals surface area (Å²) in [7, 11) is 0. The van der Waals surface area contributed by atoms with Gasteiger partial charge in [0.1, 0.15) is 12.0 Å². The van der Waals surface area contributed by atoms with Gasteiger partial charge < -0.3 is 14.7 Å². The maximum absolute atomic E-state index is 13.4. The molecule has 0 radical (unpaired) electrons. The number of hydrogen-bond donors (Lipinski definition) is 1. The molecule has 2 unspecified atom stereocenters. The summed E-state index contributed by atoms with van der Waals surface area (Å²) >= 11 is 0. The van der Waals surface area contributed by atoms with Crippen molar-refractivity contribution in [2.24, 2.45) is 5.92 Å². The summed E-state index contributed by atoms with van der Waals surface area (Å²) < 4.78 is 19.1. The van der Waals surface area contributed by atoms with Crippen LogP contribution in [0.25, 0.3) is 0 Å². The van der Waals surface area contributed by atoms with Crippen LogP contribution in [0.2, 0.25) is 0 Å². The van der Waals surface area contributed by atoms with E-state index < -0.39 is 5.97 Å². The molecule has 3 atom stereocenters. The summed E-state index contributed by atoms with van der Waals surface area (Å²) in [5, 5.41) is 9.98. The van der Waals surface area contributed by atoms with E-state index >= 15 is 0 Å². The van der Waals surface area contributed by atoms with Gasteiger partial charge in [0.25, 0.3) is 0 Å². The molecule has 1 saturated heterocycles. The van der Waals surface area contributed by atoms with Crippen molar-refractivity contribution >= 4 is 5.97 Å². The Kier molecular flexibility index (Phi) is 6.75. The first-order valence-electron chi connectivity index (χ1n) is 10.3. The molecular weight excluding hydrogens is 371 g/mol.